The van der Waals surface area contributed by atoms with Crippen molar-refractivity contribution in [2.75, 3.05) is 6.54 Å². The van der Waals surface area contributed by atoms with Gasteiger partial charge < -0.3 is 14.3 Å². The normalized spacial score (nSPS) is 15.9. The molecular formula is C23H17N5O2S. The lowest BCUT2D eigenvalue weighted by atomic mass is 10.0. The number of thiazole rings is 1. The van der Waals surface area contributed by atoms with Gasteiger partial charge in [-0.15, -0.1) is 11.3 Å². The predicted octanol–water partition coefficient (Wildman–Crippen LogP) is 4.46. The number of aromatic amines is 1. The fraction of sp³-hybridized carbons (Fsp3) is 0.130. The molecule has 0 aliphatic carbocycles. The van der Waals surface area contributed by atoms with Gasteiger partial charge in [0.05, 0.1) is 22.2 Å². The zero-order valence-corrected chi connectivity index (χ0v) is 17.2. The molecule has 8 heteroatoms. The minimum Gasteiger partial charge on any atom is -0.438 e. The number of H-pyrrole nitrogens is 1. The molecule has 1 aliphatic rings. The largest absolute Gasteiger partial charge is 0.438 e. The zero-order chi connectivity index (χ0) is 20.8. The fourth-order valence-electron chi connectivity index (χ4n) is 4.08. The lowest BCUT2D eigenvalue weighted by Crippen LogP contribution is -2.40. The van der Waals surface area contributed by atoms with Gasteiger partial charge in [0.25, 0.3) is 5.91 Å². The van der Waals surface area contributed by atoms with Crippen LogP contribution in [0.1, 0.15) is 33.0 Å². The van der Waals surface area contributed by atoms with Crippen LogP contribution in [0.4, 0.5) is 0 Å². The van der Waals surface area contributed by atoms with E-state index in [1.54, 1.807) is 22.6 Å². The molecule has 0 spiro atoms. The van der Waals surface area contributed by atoms with Gasteiger partial charge in [-0.2, -0.15) is 0 Å². The maximum Gasteiger partial charge on any atom is 0.292 e. The molecule has 1 amide bonds. The van der Waals surface area contributed by atoms with E-state index in [0.717, 1.165) is 32.2 Å². The first-order valence-corrected chi connectivity index (χ1v) is 10.8. The number of fused-ring (bicyclic) bond motifs is 2. The van der Waals surface area contributed by atoms with E-state index in [1.165, 1.54) is 6.39 Å². The van der Waals surface area contributed by atoms with E-state index in [4.69, 9.17) is 9.40 Å². The van der Waals surface area contributed by atoms with Crippen LogP contribution in [-0.4, -0.2) is 37.3 Å². The molecule has 7 nitrogen and oxygen atoms in total. The minimum atomic E-state index is -0.381. The second-order valence-corrected chi connectivity index (χ2v) is 8.40. The molecular weight excluding hydrogens is 410 g/mol. The van der Waals surface area contributed by atoms with Crippen molar-refractivity contribution < 1.29 is 9.21 Å². The number of benzene rings is 2. The van der Waals surface area contributed by atoms with E-state index in [2.05, 4.69) is 15.0 Å². The third-order valence-corrected chi connectivity index (χ3v) is 6.63. The van der Waals surface area contributed by atoms with Crippen LogP contribution in [0.3, 0.4) is 0 Å². The van der Waals surface area contributed by atoms with Crippen LogP contribution < -0.4 is 0 Å². The molecule has 3 aromatic heterocycles. The number of amides is 1. The lowest BCUT2D eigenvalue weighted by molar-refractivity contribution is 0.0659. The third-order valence-electron chi connectivity index (χ3n) is 5.54. The van der Waals surface area contributed by atoms with Crippen molar-refractivity contribution in [2.24, 2.45) is 0 Å². The van der Waals surface area contributed by atoms with Crippen molar-refractivity contribution in [3.63, 3.8) is 0 Å². The SMILES string of the molecule is O=C(c1ocnc1-c1ccccc1)N1CCc2[nH]cnc2[C@H]1c1nc2ccccc2s1. The monoisotopic (exact) mass is 427 g/mol. The molecule has 1 aliphatic heterocycles. The van der Waals surface area contributed by atoms with Crippen molar-refractivity contribution in [1.82, 2.24) is 24.8 Å². The number of carbonyl (C=O) groups excluding carboxylic acids is 1. The Morgan fingerprint density at radius 2 is 1.94 bits per heavy atom. The molecule has 6 rings (SSSR count). The molecule has 0 fully saturated rings. The second kappa shape index (κ2) is 7.17. The van der Waals surface area contributed by atoms with Crippen molar-refractivity contribution in [3.05, 3.63) is 89.5 Å². The van der Waals surface area contributed by atoms with Gasteiger partial charge in [0.2, 0.25) is 5.76 Å². The number of oxazole rings is 1. The Hall–Kier alpha value is -3.78. The number of aromatic nitrogens is 4. The number of nitrogens with zero attached hydrogens (tertiary/aromatic N) is 4. The van der Waals surface area contributed by atoms with Gasteiger partial charge in [-0.25, -0.2) is 15.0 Å². The Kier molecular flexibility index (Phi) is 4.17. The molecule has 5 aromatic rings. The first kappa shape index (κ1) is 18.0. The molecule has 1 atom stereocenters. The van der Waals surface area contributed by atoms with Crippen LogP contribution >= 0.6 is 11.3 Å². The average molecular weight is 427 g/mol. The van der Waals surface area contributed by atoms with Gasteiger partial charge in [0.1, 0.15) is 16.7 Å². The summed E-state index contributed by atoms with van der Waals surface area (Å²) in [6, 6.07) is 17.2. The quantitative estimate of drug-likeness (QED) is 0.459. The summed E-state index contributed by atoms with van der Waals surface area (Å²) in [6.07, 6.45) is 3.70. The Morgan fingerprint density at radius 3 is 2.81 bits per heavy atom. The van der Waals surface area contributed by atoms with Crippen LogP contribution in [0.25, 0.3) is 21.5 Å². The van der Waals surface area contributed by atoms with E-state index in [9.17, 15) is 4.79 Å². The van der Waals surface area contributed by atoms with Crippen molar-refractivity contribution in [2.45, 2.75) is 12.5 Å². The topological polar surface area (TPSA) is 87.9 Å². The van der Waals surface area contributed by atoms with E-state index < -0.39 is 0 Å². The highest BCUT2D eigenvalue weighted by atomic mass is 32.1. The molecule has 2 aromatic carbocycles. The van der Waals surface area contributed by atoms with E-state index in [0.29, 0.717) is 18.7 Å². The maximum absolute atomic E-state index is 13.7. The van der Waals surface area contributed by atoms with Gasteiger partial charge in [-0.05, 0) is 12.1 Å². The number of carbonyl (C=O) groups is 1. The van der Waals surface area contributed by atoms with Crippen LogP contribution in [0.5, 0.6) is 0 Å². The molecule has 152 valence electrons. The summed E-state index contributed by atoms with van der Waals surface area (Å²) in [5.74, 6) is 0.0190. The van der Waals surface area contributed by atoms with Crippen molar-refractivity contribution in [1.29, 1.82) is 0 Å². The van der Waals surface area contributed by atoms with E-state index in [1.807, 2.05) is 54.6 Å². The minimum absolute atomic E-state index is 0.214. The van der Waals surface area contributed by atoms with Gasteiger partial charge >= 0.3 is 0 Å². The Labute approximate surface area is 181 Å². The summed E-state index contributed by atoms with van der Waals surface area (Å²) in [6.45, 7) is 0.531. The molecule has 0 radical (unpaired) electrons. The Balaban J connectivity index is 1.45. The average Bonchev–Trinajstić information content (AvgIpc) is 3.57. The number of rotatable bonds is 3. The molecule has 4 heterocycles. The number of para-hydroxylation sites is 1. The van der Waals surface area contributed by atoms with Crippen LogP contribution in [0, 0.1) is 0 Å². The maximum atomic E-state index is 13.7. The molecule has 0 unspecified atom stereocenters. The predicted molar refractivity (Wildman–Crippen MR) is 117 cm³/mol. The summed E-state index contributed by atoms with van der Waals surface area (Å²) in [4.78, 5) is 32.4. The van der Waals surface area contributed by atoms with Gasteiger partial charge in [-0.1, -0.05) is 42.5 Å². The van der Waals surface area contributed by atoms with Gasteiger partial charge in [-0.3, -0.25) is 4.79 Å². The summed E-state index contributed by atoms with van der Waals surface area (Å²) in [5, 5.41) is 0.836. The smallest absolute Gasteiger partial charge is 0.292 e. The second-order valence-electron chi connectivity index (χ2n) is 7.33. The van der Waals surface area contributed by atoms with Crippen LogP contribution in [-0.2, 0) is 6.42 Å². The third kappa shape index (κ3) is 2.95. The summed E-state index contributed by atoms with van der Waals surface area (Å²) in [5.41, 5.74) is 4.17. The summed E-state index contributed by atoms with van der Waals surface area (Å²) >= 11 is 1.58. The molecule has 0 bridgehead atoms. The summed E-state index contributed by atoms with van der Waals surface area (Å²) in [7, 11) is 0. The fourth-order valence-corrected chi connectivity index (χ4v) is 5.17. The van der Waals surface area contributed by atoms with Crippen molar-refractivity contribution >= 4 is 27.5 Å². The highest BCUT2D eigenvalue weighted by molar-refractivity contribution is 7.18. The van der Waals surface area contributed by atoms with Crippen molar-refractivity contribution in [3.8, 4) is 11.3 Å². The van der Waals surface area contributed by atoms with Gasteiger partial charge in [0, 0.05) is 24.2 Å². The Morgan fingerprint density at radius 1 is 1.10 bits per heavy atom. The van der Waals surface area contributed by atoms with Crippen LogP contribution in [0.2, 0.25) is 0 Å². The van der Waals surface area contributed by atoms with Crippen LogP contribution in [0.15, 0.2) is 71.7 Å². The number of hydrogen-bond acceptors (Lipinski definition) is 6. The van der Waals surface area contributed by atoms with E-state index >= 15 is 0 Å². The first-order valence-electron chi connectivity index (χ1n) is 9.97. The number of hydrogen-bond donors (Lipinski definition) is 1. The highest BCUT2D eigenvalue weighted by Gasteiger charge is 2.38. The number of imidazole rings is 1. The molecule has 0 saturated heterocycles. The zero-order valence-electron chi connectivity index (χ0n) is 16.4. The molecule has 1 N–H and O–H groups in total. The van der Waals surface area contributed by atoms with Gasteiger partial charge in [0.15, 0.2) is 6.39 Å². The highest BCUT2D eigenvalue weighted by Crippen LogP contribution is 2.38. The first-order chi connectivity index (χ1) is 15.3. The standard InChI is InChI=1S/C23H17N5O2S/c29-23(21-18(26-13-30-21)14-6-2-1-3-7-14)28-11-10-16-19(25-12-24-16)20(28)22-27-15-8-4-5-9-17(15)31-22/h1-9,12-13,20H,10-11H2,(H,24,25)/t20-/m0/s1. The summed E-state index contributed by atoms with van der Waals surface area (Å²) < 4.78 is 6.68. The Bertz CT molecular complexity index is 1350. The van der Waals surface area contributed by atoms with E-state index in [-0.39, 0.29) is 17.7 Å². The molecule has 0 saturated carbocycles. The lowest BCUT2D eigenvalue weighted by Gasteiger charge is -2.33. The number of nitrogens with one attached hydrogen (secondary N) is 1. The molecule has 31 heavy (non-hydrogen) atoms.